The summed E-state index contributed by atoms with van der Waals surface area (Å²) in [6, 6.07) is 6.76. The van der Waals surface area contributed by atoms with Crippen LogP contribution in [0.3, 0.4) is 0 Å². The molecule has 1 N–H and O–H groups in total. The lowest BCUT2D eigenvalue weighted by Gasteiger charge is -2.11. The molecule has 0 saturated carbocycles. The van der Waals surface area contributed by atoms with Crippen molar-refractivity contribution in [2.75, 3.05) is 17.3 Å². The van der Waals surface area contributed by atoms with Crippen molar-refractivity contribution in [3.8, 4) is 5.69 Å². The fourth-order valence-corrected chi connectivity index (χ4v) is 2.44. The molecule has 8 heteroatoms. The SMILES string of the molecule is CS(=O)(=O)CCC(=O)Nc1cc(Cl)ccc1-n1cccn1. The first-order valence-electron chi connectivity index (χ1n) is 6.12. The second kappa shape index (κ2) is 6.28. The Hall–Kier alpha value is -1.86. The topological polar surface area (TPSA) is 81.1 Å². The second-order valence-corrected chi connectivity index (χ2v) is 7.24. The van der Waals surface area contributed by atoms with E-state index in [1.807, 2.05) is 0 Å². The number of aromatic nitrogens is 2. The Labute approximate surface area is 127 Å². The van der Waals surface area contributed by atoms with Crippen molar-refractivity contribution in [2.24, 2.45) is 0 Å². The number of hydrogen-bond donors (Lipinski definition) is 1. The van der Waals surface area contributed by atoms with Gasteiger partial charge in [0, 0.05) is 30.1 Å². The molecule has 0 radical (unpaired) electrons. The highest BCUT2D eigenvalue weighted by atomic mass is 35.5. The molecular weight excluding hydrogens is 314 g/mol. The quantitative estimate of drug-likeness (QED) is 0.909. The Morgan fingerprint density at radius 2 is 2.19 bits per heavy atom. The summed E-state index contributed by atoms with van der Waals surface area (Å²) in [5, 5.41) is 7.22. The predicted octanol–water partition coefficient (Wildman–Crippen LogP) is 1.90. The van der Waals surface area contributed by atoms with Crippen LogP contribution in [-0.2, 0) is 14.6 Å². The van der Waals surface area contributed by atoms with Crippen LogP contribution >= 0.6 is 11.6 Å². The number of nitrogens with zero attached hydrogens (tertiary/aromatic N) is 2. The third-order valence-corrected chi connectivity index (χ3v) is 3.86. The highest BCUT2D eigenvalue weighted by Crippen LogP contribution is 2.24. The molecule has 6 nitrogen and oxygen atoms in total. The predicted molar refractivity (Wildman–Crippen MR) is 81.5 cm³/mol. The van der Waals surface area contributed by atoms with Crippen LogP contribution < -0.4 is 5.32 Å². The summed E-state index contributed by atoms with van der Waals surface area (Å²) in [4.78, 5) is 11.8. The van der Waals surface area contributed by atoms with Gasteiger partial charge in [-0.1, -0.05) is 11.6 Å². The zero-order valence-electron chi connectivity index (χ0n) is 11.3. The highest BCUT2D eigenvalue weighted by Gasteiger charge is 2.12. The molecule has 0 atom stereocenters. The van der Waals surface area contributed by atoms with Gasteiger partial charge in [-0.2, -0.15) is 5.10 Å². The first-order chi connectivity index (χ1) is 9.85. The molecule has 0 aliphatic heterocycles. The van der Waals surface area contributed by atoms with Gasteiger partial charge in [0.1, 0.15) is 9.84 Å². The molecule has 0 aliphatic carbocycles. The molecule has 2 aromatic rings. The number of nitrogens with one attached hydrogen (secondary N) is 1. The lowest BCUT2D eigenvalue weighted by atomic mass is 10.2. The molecule has 1 aromatic carbocycles. The summed E-state index contributed by atoms with van der Waals surface area (Å²) in [5.41, 5.74) is 1.13. The van der Waals surface area contributed by atoms with Crippen molar-refractivity contribution in [1.82, 2.24) is 9.78 Å². The lowest BCUT2D eigenvalue weighted by Crippen LogP contribution is -2.17. The van der Waals surface area contributed by atoms with Crippen molar-refractivity contribution in [3.63, 3.8) is 0 Å². The Morgan fingerprint density at radius 3 is 2.81 bits per heavy atom. The van der Waals surface area contributed by atoms with Gasteiger partial charge in [-0.25, -0.2) is 13.1 Å². The van der Waals surface area contributed by atoms with Crippen LogP contribution in [-0.4, -0.2) is 36.1 Å². The average Bonchev–Trinajstić information content (AvgIpc) is 2.89. The molecule has 0 aliphatic rings. The molecule has 0 fully saturated rings. The van der Waals surface area contributed by atoms with E-state index in [0.717, 1.165) is 6.26 Å². The van der Waals surface area contributed by atoms with Gasteiger partial charge >= 0.3 is 0 Å². The van der Waals surface area contributed by atoms with Crippen LogP contribution in [0.5, 0.6) is 0 Å². The maximum Gasteiger partial charge on any atom is 0.225 e. The van der Waals surface area contributed by atoms with E-state index in [1.54, 1.807) is 41.3 Å². The highest BCUT2D eigenvalue weighted by molar-refractivity contribution is 7.90. The van der Waals surface area contributed by atoms with Crippen molar-refractivity contribution in [2.45, 2.75) is 6.42 Å². The van der Waals surface area contributed by atoms with Crippen molar-refractivity contribution in [3.05, 3.63) is 41.7 Å². The fraction of sp³-hybridized carbons (Fsp3) is 0.231. The molecule has 1 heterocycles. The normalized spacial score (nSPS) is 11.3. The van der Waals surface area contributed by atoms with Gasteiger partial charge in [0.2, 0.25) is 5.91 Å². The monoisotopic (exact) mass is 327 g/mol. The van der Waals surface area contributed by atoms with Gasteiger partial charge in [0.05, 0.1) is 17.1 Å². The third-order valence-electron chi connectivity index (χ3n) is 2.68. The summed E-state index contributed by atoms with van der Waals surface area (Å²) >= 11 is 5.93. The standard InChI is InChI=1S/C13H14ClN3O3S/c1-21(19,20)8-5-13(18)16-11-9-10(14)3-4-12(11)17-7-2-6-15-17/h2-4,6-7,9H,5,8H2,1H3,(H,16,18). The minimum Gasteiger partial charge on any atom is -0.324 e. The van der Waals surface area contributed by atoms with Gasteiger partial charge in [-0.15, -0.1) is 0 Å². The third kappa shape index (κ3) is 4.57. The van der Waals surface area contributed by atoms with E-state index in [9.17, 15) is 13.2 Å². The van der Waals surface area contributed by atoms with E-state index < -0.39 is 15.7 Å². The van der Waals surface area contributed by atoms with Crippen LogP contribution in [0.2, 0.25) is 5.02 Å². The Morgan fingerprint density at radius 1 is 1.43 bits per heavy atom. The summed E-state index contributed by atoms with van der Waals surface area (Å²) in [7, 11) is -3.18. The number of benzene rings is 1. The van der Waals surface area contributed by atoms with E-state index in [2.05, 4.69) is 10.4 Å². The molecule has 2 rings (SSSR count). The maximum atomic E-state index is 11.8. The average molecular weight is 328 g/mol. The Balaban J connectivity index is 2.19. The number of carbonyl (C=O) groups excluding carboxylic acids is 1. The molecule has 21 heavy (non-hydrogen) atoms. The number of hydrogen-bond acceptors (Lipinski definition) is 4. The first kappa shape index (κ1) is 15.5. The van der Waals surface area contributed by atoms with Crippen LogP contribution in [0.25, 0.3) is 5.69 Å². The van der Waals surface area contributed by atoms with Gasteiger partial charge in [-0.05, 0) is 24.3 Å². The number of sulfone groups is 1. The molecule has 0 spiro atoms. The van der Waals surface area contributed by atoms with E-state index in [4.69, 9.17) is 11.6 Å². The zero-order chi connectivity index (χ0) is 15.5. The molecule has 1 amide bonds. The number of anilines is 1. The van der Waals surface area contributed by atoms with Crippen LogP contribution in [0.15, 0.2) is 36.7 Å². The molecule has 1 aromatic heterocycles. The molecular formula is C13H14ClN3O3S. The van der Waals surface area contributed by atoms with Gasteiger partial charge in [-0.3, -0.25) is 4.79 Å². The first-order valence-corrected chi connectivity index (χ1v) is 8.56. The molecule has 0 saturated heterocycles. The van der Waals surface area contributed by atoms with Gasteiger partial charge in [0.25, 0.3) is 0 Å². The van der Waals surface area contributed by atoms with Crippen LogP contribution in [0.4, 0.5) is 5.69 Å². The summed E-state index contributed by atoms with van der Waals surface area (Å²) in [5.74, 6) is -0.590. The maximum absolute atomic E-state index is 11.8. The molecule has 112 valence electrons. The van der Waals surface area contributed by atoms with Crippen molar-refractivity contribution < 1.29 is 13.2 Å². The summed E-state index contributed by atoms with van der Waals surface area (Å²) < 4.78 is 23.7. The zero-order valence-corrected chi connectivity index (χ0v) is 12.9. The van der Waals surface area contributed by atoms with Gasteiger partial charge in [0.15, 0.2) is 0 Å². The lowest BCUT2D eigenvalue weighted by molar-refractivity contribution is -0.115. The minimum absolute atomic E-state index is 0.107. The number of carbonyl (C=O) groups is 1. The van der Waals surface area contributed by atoms with E-state index in [1.165, 1.54) is 0 Å². The minimum atomic E-state index is -3.18. The second-order valence-electron chi connectivity index (χ2n) is 4.54. The van der Waals surface area contributed by atoms with E-state index in [-0.39, 0.29) is 12.2 Å². The van der Waals surface area contributed by atoms with Crippen molar-refractivity contribution in [1.29, 1.82) is 0 Å². The van der Waals surface area contributed by atoms with E-state index in [0.29, 0.717) is 16.4 Å². The number of amides is 1. The molecule has 0 unspecified atom stereocenters. The van der Waals surface area contributed by atoms with Crippen molar-refractivity contribution >= 4 is 33.0 Å². The van der Waals surface area contributed by atoms with Gasteiger partial charge < -0.3 is 5.32 Å². The van der Waals surface area contributed by atoms with E-state index >= 15 is 0 Å². The Bertz CT molecular complexity index is 742. The van der Waals surface area contributed by atoms with Crippen LogP contribution in [0, 0.1) is 0 Å². The molecule has 0 bridgehead atoms. The largest absolute Gasteiger partial charge is 0.324 e. The summed E-state index contributed by atoms with van der Waals surface area (Å²) in [6.07, 6.45) is 4.33. The van der Waals surface area contributed by atoms with Crippen LogP contribution in [0.1, 0.15) is 6.42 Å². The number of halogens is 1. The summed E-state index contributed by atoms with van der Waals surface area (Å²) in [6.45, 7) is 0. The fourth-order valence-electron chi connectivity index (χ4n) is 1.71. The smallest absolute Gasteiger partial charge is 0.225 e. The number of rotatable bonds is 5. The Kier molecular flexibility index (Phi) is 4.64.